The molecule has 0 radical (unpaired) electrons. The van der Waals surface area contributed by atoms with Gasteiger partial charge in [0.15, 0.2) is 5.82 Å². The highest BCUT2D eigenvalue weighted by Gasteiger charge is 2.17. The molecule has 0 saturated carbocycles. The Bertz CT molecular complexity index is 1780. The zero-order valence-corrected chi connectivity index (χ0v) is 19.0. The van der Waals surface area contributed by atoms with E-state index in [0.29, 0.717) is 50.8 Å². The van der Waals surface area contributed by atoms with E-state index < -0.39 is 5.82 Å². The molecule has 174 valence electrons. The van der Waals surface area contributed by atoms with Gasteiger partial charge in [0.25, 0.3) is 0 Å². The van der Waals surface area contributed by atoms with Crippen molar-refractivity contribution < 1.29 is 9.13 Å². The summed E-state index contributed by atoms with van der Waals surface area (Å²) in [5, 5.41) is 13.2. The van der Waals surface area contributed by atoms with Crippen LogP contribution in [0.3, 0.4) is 0 Å². The van der Waals surface area contributed by atoms with Crippen LogP contribution in [0.5, 0.6) is 5.75 Å². The van der Waals surface area contributed by atoms with Gasteiger partial charge in [0.05, 0.1) is 41.6 Å². The minimum absolute atomic E-state index is 0.141. The average molecular weight is 490 g/mol. The molecule has 0 unspecified atom stereocenters. The molecule has 0 aliphatic heterocycles. The number of nitrogens with zero attached hydrogens (tertiary/aromatic N) is 5. The van der Waals surface area contributed by atoms with Gasteiger partial charge < -0.3 is 14.7 Å². The SMILES string of the molecule is COc1cc(Cl)ccc1Cn1nccc1-c1cc(F)c2nnn(-c3ccc4[nH]c(=O)[nH]c4c3)c2c1. The summed E-state index contributed by atoms with van der Waals surface area (Å²) < 4.78 is 23.9. The monoisotopic (exact) mass is 489 g/mol. The van der Waals surface area contributed by atoms with Gasteiger partial charge in [-0.1, -0.05) is 22.9 Å². The number of H-pyrrole nitrogens is 2. The number of rotatable bonds is 5. The van der Waals surface area contributed by atoms with Crippen LogP contribution in [0, 0.1) is 5.82 Å². The third-order valence-electron chi connectivity index (χ3n) is 5.83. The van der Waals surface area contributed by atoms with Crippen molar-refractivity contribution in [2.75, 3.05) is 7.11 Å². The summed E-state index contributed by atoms with van der Waals surface area (Å²) in [6.45, 7) is 0.400. The first-order valence-electron chi connectivity index (χ1n) is 10.6. The standard InChI is InChI=1S/C24H17ClFN7O2/c1-35-22-10-15(25)3-2-13(22)12-32-20(6-7-27-32)14-8-17(26)23-21(9-14)33(31-30-23)16-4-5-18-19(11-16)29-24(34)28-18/h2-11H,12H2,1H3,(H2,28,29,34). The molecule has 0 aliphatic rings. The Kier molecular flexibility index (Phi) is 4.89. The zero-order chi connectivity index (χ0) is 24.1. The largest absolute Gasteiger partial charge is 0.496 e. The van der Waals surface area contributed by atoms with Crippen molar-refractivity contribution >= 4 is 33.7 Å². The summed E-state index contributed by atoms with van der Waals surface area (Å²) >= 11 is 6.09. The zero-order valence-electron chi connectivity index (χ0n) is 18.3. The fraction of sp³-hybridized carbons (Fsp3) is 0.0833. The third-order valence-corrected chi connectivity index (χ3v) is 6.07. The predicted octanol–water partition coefficient (Wildman–Crippen LogP) is 4.30. The van der Waals surface area contributed by atoms with Gasteiger partial charge in [-0.05, 0) is 48.5 Å². The lowest BCUT2D eigenvalue weighted by atomic mass is 10.1. The Balaban J connectivity index is 1.45. The fourth-order valence-corrected chi connectivity index (χ4v) is 4.35. The predicted molar refractivity (Wildman–Crippen MR) is 130 cm³/mol. The number of halogens is 2. The van der Waals surface area contributed by atoms with Crippen LogP contribution in [0.4, 0.5) is 4.39 Å². The van der Waals surface area contributed by atoms with Gasteiger partial charge in [-0.2, -0.15) is 5.10 Å². The average Bonchev–Trinajstić information content (AvgIpc) is 3.57. The van der Waals surface area contributed by atoms with Crippen molar-refractivity contribution in [3.05, 3.63) is 87.7 Å². The van der Waals surface area contributed by atoms with Gasteiger partial charge in [-0.3, -0.25) is 4.68 Å². The number of imidazole rings is 1. The Labute approximate surface area is 201 Å². The number of fused-ring (bicyclic) bond motifs is 2. The maximum atomic E-state index is 15.1. The Morgan fingerprint density at radius 3 is 2.77 bits per heavy atom. The van der Waals surface area contributed by atoms with Gasteiger partial charge in [-0.25, -0.2) is 13.9 Å². The van der Waals surface area contributed by atoms with Crippen molar-refractivity contribution in [1.29, 1.82) is 0 Å². The fourth-order valence-electron chi connectivity index (χ4n) is 4.19. The smallest absolute Gasteiger partial charge is 0.323 e. The van der Waals surface area contributed by atoms with Crippen molar-refractivity contribution in [3.8, 4) is 22.7 Å². The number of methoxy groups -OCH3 is 1. The molecule has 0 atom stereocenters. The number of hydrogen-bond donors (Lipinski definition) is 2. The third kappa shape index (κ3) is 3.64. The molecule has 11 heteroatoms. The maximum absolute atomic E-state index is 15.1. The van der Waals surface area contributed by atoms with Gasteiger partial charge in [0.1, 0.15) is 11.3 Å². The number of hydrogen-bond acceptors (Lipinski definition) is 5. The molecule has 3 aromatic heterocycles. The van der Waals surface area contributed by atoms with Crippen LogP contribution < -0.4 is 10.4 Å². The van der Waals surface area contributed by atoms with Gasteiger partial charge >= 0.3 is 5.69 Å². The minimum Gasteiger partial charge on any atom is -0.496 e. The Hall–Kier alpha value is -4.44. The number of aromatic amines is 2. The van der Waals surface area contributed by atoms with E-state index in [4.69, 9.17) is 16.3 Å². The van der Waals surface area contributed by atoms with Crippen LogP contribution >= 0.6 is 11.6 Å². The minimum atomic E-state index is -0.503. The second-order valence-electron chi connectivity index (χ2n) is 7.97. The highest BCUT2D eigenvalue weighted by Crippen LogP contribution is 2.30. The number of benzene rings is 3. The molecule has 3 aromatic carbocycles. The lowest BCUT2D eigenvalue weighted by Gasteiger charge is -2.12. The summed E-state index contributed by atoms with van der Waals surface area (Å²) in [4.78, 5) is 17.0. The summed E-state index contributed by atoms with van der Waals surface area (Å²) in [6.07, 6.45) is 1.66. The molecule has 2 N–H and O–H groups in total. The van der Waals surface area contributed by atoms with E-state index in [2.05, 4.69) is 25.4 Å². The molecule has 0 aliphatic carbocycles. The second-order valence-corrected chi connectivity index (χ2v) is 8.40. The van der Waals surface area contributed by atoms with Crippen molar-refractivity contribution in [2.24, 2.45) is 0 Å². The van der Waals surface area contributed by atoms with Crippen LogP contribution in [0.2, 0.25) is 5.02 Å². The maximum Gasteiger partial charge on any atom is 0.323 e. The van der Waals surface area contributed by atoms with Crippen LogP contribution in [0.15, 0.2) is 65.6 Å². The Morgan fingerprint density at radius 1 is 1.06 bits per heavy atom. The van der Waals surface area contributed by atoms with Crippen LogP contribution in [0.25, 0.3) is 39.0 Å². The normalized spacial score (nSPS) is 11.5. The number of nitrogens with one attached hydrogen (secondary N) is 2. The van der Waals surface area contributed by atoms with E-state index in [0.717, 1.165) is 5.56 Å². The van der Waals surface area contributed by atoms with Crippen LogP contribution in [-0.2, 0) is 6.54 Å². The van der Waals surface area contributed by atoms with Gasteiger partial charge in [-0.15, -0.1) is 5.10 Å². The van der Waals surface area contributed by atoms with E-state index >= 15 is 4.39 Å². The molecule has 35 heavy (non-hydrogen) atoms. The number of aromatic nitrogens is 7. The molecule has 0 spiro atoms. The first-order valence-corrected chi connectivity index (χ1v) is 11.0. The molecule has 3 heterocycles. The summed E-state index contributed by atoms with van der Waals surface area (Å²) in [5.74, 6) is 0.137. The van der Waals surface area contributed by atoms with Crippen LogP contribution in [-0.4, -0.2) is 41.9 Å². The van der Waals surface area contributed by atoms with Crippen molar-refractivity contribution in [3.63, 3.8) is 0 Å². The summed E-state index contributed by atoms with van der Waals surface area (Å²) in [6, 6.07) is 15.7. The summed E-state index contributed by atoms with van der Waals surface area (Å²) in [7, 11) is 1.58. The van der Waals surface area contributed by atoms with Gasteiger partial charge in [0.2, 0.25) is 0 Å². The second kappa shape index (κ2) is 8.10. The lowest BCUT2D eigenvalue weighted by Crippen LogP contribution is -2.05. The molecule has 6 rings (SSSR count). The van der Waals surface area contributed by atoms with Gasteiger partial charge in [0, 0.05) is 22.3 Å². The highest BCUT2D eigenvalue weighted by atomic mass is 35.5. The van der Waals surface area contributed by atoms with Crippen LogP contribution in [0.1, 0.15) is 5.56 Å². The number of ether oxygens (including phenoxy) is 1. The van der Waals surface area contributed by atoms with Crippen molar-refractivity contribution in [1.82, 2.24) is 34.7 Å². The quantitative estimate of drug-likeness (QED) is 0.375. The summed E-state index contributed by atoms with van der Waals surface area (Å²) in [5.41, 5.74) is 4.42. The van der Waals surface area contributed by atoms with E-state index in [-0.39, 0.29) is 11.2 Å². The molecule has 9 nitrogen and oxygen atoms in total. The topological polar surface area (TPSA) is 106 Å². The molecule has 0 saturated heterocycles. The van der Waals surface area contributed by atoms with E-state index in [1.807, 2.05) is 18.2 Å². The van der Waals surface area contributed by atoms with E-state index in [9.17, 15) is 4.79 Å². The first-order chi connectivity index (χ1) is 17.0. The molecular formula is C24H17ClFN7O2. The lowest BCUT2D eigenvalue weighted by molar-refractivity contribution is 0.407. The molecular weight excluding hydrogens is 473 g/mol. The van der Waals surface area contributed by atoms with Crippen molar-refractivity contribution in [2.45, 2.75) is 6.54 Å². The highest BCUT2D eigenvalue weighted by molar-refractivity contribution is 6.30. The van der Waals surface area contributed by atoms with E-state index in [1.54, 1.807) is 48.3 Å². The molecule has 0 fully saturated rings. The molecule has 6 aromatic rings. The Morgan fingerprint density at radius 2 is 1.91 bits per heavy atom. The molecule has 0 amide bonds. The first kappa shape index (κ1) is 21.1. The van der Waals surface area contributed by atoms with E-state index in [1.165, 1.54) is 10.7 Å². The molecule has 0 bridgehead atoms.